The molecule has 0 aliphatic rings. The normalized spacial score (nSPS) is 11.3. The van der Waals surface area contributed by atoms with E-state index in [0.717, 1.165) is 41.3 Å². The Balaban J connectivity index is 1.79. The van der Waals surface area contributed by atoms with Gasteiger partial charge >= 0.3 is 11.9 Å². The lowest BCUT2D eigenvalue weighted by Crippen LogP contribution is -2.17. The molecule has 2 aromatic carbocycles. The summed E-state index contributed by atoms with van der Waals surface area (Å²) in [6, 6.07) is 15.4. The number of esters is 2. The van der Waals surface area contributed by atoms with Gasteiger partial charge in [-0.15, -0.1) is 0 Å². The second-order valence-electron chi connectivity index (χ2n) is 10.4. The van der Waals surface area contributed by atoms with E-state index in [4.69, 9.17) is 9.47 Å². The predicted molar refractivity (Wildman–Crippen MR) is 165 cm³/mol. The van der Waals surface area contributed by atoms with Crippen LogP contribution in [0.5, 0.6) is 0 Å². The van der Waals surface area contributed by atoms with E-state index in [1.807, 2.05) is 53.1 Å². The summed E-state index contributed by atoms with van der Waals surface area (Å²) in [5.41, 5.74) is 3.44. The molecule has 0 bridgehead atoms. The van der Waals surface area contributed by atoms with Crippen molar-refractivity contribution in [3.05, 3.63) is 77.0 Å². The van der Waals surface area contributed by atoms with Crippen LogP contribution in [0.4, 0.5) is 0 Å². The number of benzene rings is 2. The summed E-state index contributed by atoms with van der Waals surface area (Å²) in [4.78, 5) is 38.5. The molecular formula is C35H45NO5. The number of hydrogen-bond donors (Lipinski definition) is 0. The number of unbranched alkanes of at least 4 members (excludes halogenated alkanes) is 8. The van der Waals surface area contributed by atoms with Crippen LogP contribution in [0.25, 0.3) is 17.0 Å². The third kappa shape index (κ3) is 9.44. The molecule has 41 heavy (non-hydrogen) atoms. The van der Waals surface area contributed by atoms with Crippen LogP contribution < -0.4 is 0 Å². The lowest BCUT2D eigenvalue weighted by atomic mass is 10.00. The van der Waals surface area contributed by atoms with Gasteiger partial charge in [0.25, 0.3) is 0 Å². The number of carbonyl (C=O) groups excluding carboxylic acids is 3. The number of Topliss-reactive ketones (excluding diaryl/α,β-unsaturated/α-hetero) is 1. The average Bonchev–Trinajstić information content (AvgIpc) is 3.30. The molecule has 0 spiro atoms. The standard InChI is InChI=1S/C35H45NO5/c1-4-7-8-9-10-11-12-13-14-19-31(37)33-29-17-15-16-18-30(29)36(34(33)35(39)41-6-3)26-28-22-20-27(21-23-28)24-25-32(38)40-5-2/h15-18,20-25H,4-14,19,26H2,1-3H3/b25-24+. The van der Waals surface area contributed by atoms with Gasteiger partial charge in [0.15, 0.2) is 5.78 Å². The molecule has 0 radical (unpaired) electrons. The van der Waals surface area contributed by atoms with Crippen molar-refractivity contribution in [2.24, 2.45) is 0 Å². The number of ether oxygens (including phenoxy) is 2. The predicted octanol–water partition coefficient (Wildman–Crippen LogP) is 8.55. The van der Waals surface area contributed by atoms with Crippen molar-refractivity contribution in [2.75, 3.05) is 13.2 Å². The van der Waals surface area contributed by atoms with Crippen LogP contribution in [0, 0.1) is 0 Å². The van der Waals surface area contributed by atoms with Crippen LogP contribution in [0.3, 0.4) is 0 Å². The summed E-state index contributed by atoms with van der Waals surface area (Å²) in [5, 5.41) is 0.783. The molecule has 0 atom stereocenters. The van der Waals surface area contributed by atoms with Crippen LogP contribution in [0.15, 0.2) is 54.6 Å². The number of aromatic nitrogens is 1. The zero-order chi connectivity index (χ0) is 29.5. The summed E-state index contributed by atoms with van der Waals surface area (Å²) in [7, 11) is 0. The van der Waals surface area contributed by atoms with Gasteiger partial charge in [0.2, 0.25) is 0 Å². The van der Waals surface area contributed by atoms with Crippen LogP contribution in [0.1, 0.15) is 117 Å². The summed E-state index contributed by atoms with van der Waals surface area (Å²) < 4.78 is 12.3. The Morgan fingerprint density at radius 3 is 2.05 bits per heavy atom. The Bertz CT molecular complexity index is 1300. The van der Waals surface area contributed by atoms with E-state index in [-0.39, 0.29) is 18.4 Å². The van der Waals surface area contributed by atoms with Crippen molar-refractivity contribution in [3.63, 3.8) is 0 Å². The third-order valence-corrected chi connectivity index (χ3v) is 7.24. The van der Waals surface area contributed by atoms with Gasteiger partial charge in [-0.2, -0.15) is 0 Å². The Hall–Kier alpha value is -3.67. The highest BCUT2D eigenvalue weighted by molar-refractivity contribution is 6.15. The van der Waals surface area contributed by atoms with Gasteiger partial charge in [0.05, 0.1) is 18.8 Å². The van der Waals surface area contributed by atoms with Gasteiger partial charge in [-0.25, -0.2) is 9.59 Å². The van der Waals surface area contributed by atoms with Crippen LogP contribution in [0.2, 0.25) is 0 Å². The molecule has 220 valence electrons. The van der Waals surface area contributed by atoms with Gasteiger partial charge in [-0.3, -0.25) is 4.79 Å². The lowest BCUT2D eigenvalue weighted by Gasteiger charge is -2.12. The molecule has 1 aromatic heterocycles. The molecule has 0 aliphatic heterocycles. The number of rotatable bonds is 18. The maximum absolute atomic E-state index is 13.6. The van der Waals surface area contributed by atoms with Gasteiger partial charge < -0.3 is 14.0 Å². The molecule has 0 N–H and O–H groups in total. The van der Waals surface area contributed by atoms with Crippen molar-refractivity contribution >= 4 is 34.7 Å². The molecule has 6 heteroatoms. The molecule has 0 amide bonds. The quantitative estimate of drug-likeness (QED) is 0.0675. The highest BCUT2D eigenvalue weighted by Crippen LogP contribution is 2.30. The Morgan fingerprint density at radius 1 is 0.756 bits per heavy atom. The van der Waals surface area contributed by atoms with Crippen molar-refractivity contribution in [2.45, 2.75) is 91.5 Å². The number of fused-ring (bicyclic) bond motifs is 1. The zero-order valence-corrected chi connectivity index (χ0v) is 25.0. The fraction of sp³-hybridized carbons (Fsp3) is 0.457. The maximum atomic E-state index is 13.6. The second-order valence-corrected chi connectivity index (χ2v) is 10.4. The minimum atomic E-state index is -0.479. The van der Waals surface area contributed by atoms with Gasteiger partial charge in [-0.05, 0) is 43.5 Å². The minimum absolute atomic E-state index is 0.00889. The van der Waals surface area contributed by atoms with Crippen molar-refractivity contribution in [1.29, 1.82) is 0 Å². The average molecular weight is 560 g/mol. The van der Waals surface area contributed by atoms with Crippen LogP contribution in [-0.4, -0.2) is 35.5 Å². The molecule has 0 aliphatic carbocycles. The number of hydrogen-bond acceptors (Lipinski definition) is 5. The molecule has 3 rings (SSSR count). The Labute approximate surface area is 244 Å². The maximum Gasteiger partial charge on any atom is 0.355 e. The van der Waals surface area contributed by atoms with Crippen molar-refractivity contribution < 1.29 is 23.9 Å². The smallest absolute Gasteiger partial charge is 0.355 e. The van der Waals surface area contributed by atoms with E-state index in [9.17, 15) is 14.4 Å². The highest BCUT2D eigenvalue weighted by atomic mass is 16.5. The number of ketones is 1. The molecule has 6 nitrogen and oxygen atoms in total. The van der Waals surface area contributed by atoms with E-state index < -0.39 is 5.97 Å². The summed E-state index contributed by atoms with van der Waals surface area (Å²) in [6.45, 7) is 6.74. The molecule has 1 heterocycles. The molecular weight excluding hydrogens is 514 g/mol. The minimum Gasteiger partial charge on any atom is -0.463 e. The van der Waals surface area contributed by atoms with Gasteiger partial charge in [-0.1, -0.05) is 101 Å². The van der Waals surface area contributed by atoms with Gasteiger partial charge in [0, 0.05) is 29.9 Å². The van der Waals surface area contributed by atoms with Crippen molar-refractivity contribution in [1.82, 2.24) is 4.57 Å². The van der Waals surface area contributed by atoms with E-state index in [2.05, 4.69) is 6.92 Å². The lowest BCUT2D eigenvalue weighted by molar-refractivity contribution is -0.137. The molecule has 0 saturated heterocycles. The monoisotopic (exact) mass is 559 g/mol. The summed E-state index contributed by atoms with van der Waals surface area (Å²) >= 11 is 0. The van der Waals surface area contributed by atoms with Crippen LogP contribution in [-0.2, 0) is 20.8 Å². The number of carbonyl (C=O) groups is 3. The summed E-state index contributed by atoms with van der Waals surface area (Å²) in [6.07, 6.45) is 14.1. The third-order valence-electron chi connectivity index (χ3n) is 7.24. The van der Waals surface area contributed by atoms with E-state index in [0.29, 0.717) is 30.8 Å². The first kappa shape index (κ1) is 31.9. The van der Waals surface area contributed by atoms with Crippen molar-refractivity contribution in [3.8, 4) is 0 Å². The van der Waals surface area contributed by atoms with E-state index >= 15 is 0 Å². The first-order valence-electron chi connectivity index (χ1n) is 15.2. The largest absolute Gasteiger partial charge is 0.463 e. The first-order valence-corrected chi connectivity index (χ1v) is 15.2. The zero-order valence-electron chi connectivity index (χ0n) is 25.0. The Kier molecular flexibility index (Phi) is 13.4. The highest BCUT2D eigenvalue weighted by Gasteiger charge is 2.27. The van der Waals surface area contributed by atoms with E-state index in [1.165, 1.54) is 44.6 Å². The van der Waals surface area contributed by atoms with Crippen LogP contribution >= 0.6 is 0 Å². The first-order chi connectivity index (χ1) is 20.0. The SMILES string of the molecule is CCCCCCCCCCCC(=O)c1c(C(=O)OCC)n(Cc2ccc(/C=C/C(=O)OCC)cc2)c2ccccc12. The Morgan fingerprint density at radius 2 is 1.39 bits per heavy atom. The molecule has 0 fully saturated rings. The fourth-order valence-corrected chi connectivity index (χ4v) is 5.15. The molecule has 3 aromatic rings. The molecule has 0 saturated carbocycles. The second kappa shape index (κ2) is 17.2. The number of para-hydroxylation sites is 1. The topological polar surface area (TPSA) is 74.6 Å². The molecule has 0 unspecified atom stereocenters. The van der Waals surface area contributed by atoms with E-state index in [1.54, 1.807) is 19.9 Å². The fourth-order valence-electron chi connectivity index (χ4n) is 5.15. The summed E-state index contributed by atoms with van der Waals surface area (Å²) in [5.74, 6) is -0.868. The number of nitrogens with zero attached hydrogens (tertiary/aromatic N) is 1. The van der Waals surface area contributed by atoms with Gasteiger partial charge in [0.1, 0.15) is 5.69 Å².